The molecule has 0 bridgehead atoms. The molecule has 0 amide bonds. The van der Waals surface area contributed by atoms with Gasteiger partial charge in [0.1, 0.15) is 12.3 Å². The summed E-state index contributed by atoms with van der Waals surface area (Å²) >= 11 is 0. The molecule has 108 valence electrons. The van der Waals surface area contributed by atoms with Gasteiger partial charge in [0.05, 0.1) is 18.2 Å². The number of nitrogens with zero attached hydrogens (tertiary/aromatic N) is 1. The maximum Gasteiger partial charge on any atom is 0.137 e. The van der Waals surface area contributed by atoms with Gasteiger partial charge >= 0.3 is 0 Å². The second-order valence-electron chi connectivity index (χ2n) is 5.23. The minimum Gasteiger partial charge on any atom is -0.394 e. The van der Waals surface area contributed by atoms with E-state index >= 15 is 0 Å². The van der Waals surface area contributed by atoms with Gasteiger partial charge in [0.25, 0.3) is 0 Å². The summed E-state index contributed by atoms with van der Waals surface area (Å²) < 4.78 is 7.78. The van der Waals surface area contributed by atoms with E-state index in [1.807, 2.05) is 22.8 Å². The van der Waals surface area contributed by atoms with E-state index in [1.165, 1.54) is 10.9 Å². The molecule has 1 aromatic heterocycles. The monoisotopic (exact) mass is 276 g/mol. The van der Waals surface area contributed by atoms with Crippen LogP contribution in [0.1, 0.15) is 18.2 Å². The Kier molecular flexibility index (Phi) is 3.76. The summed E-state index contributed by atoms with van der Waals surface area (Å²) in [6, 6.07) is 8.11. The average molecular weight is 276 g/mol. The molecular formula is C15H20N2O3. The molecule has 0 saturated carbocycles. The van der Waals surface area contributed by atoms with Gasteiger partial charge in [-0.15, -0.1) is 0 Å². The third kappa shape index (κ3) is 2.23. The fourth-order valence-corrected chi connectivity index (χ4v) is 2.92. The van der Waals surface area contributed by atoms with Gasteiger partial charge < -0.3 is 25.3 Å². The number of nitrogens with two attached hydrogens (primary N) is 1. The van der Waals surface area contributed by atoms with Gasteiger partial charge in [0, 0.05) is 18.0 Å². The van der Waals surface area contributed by atoms with E-state index < -0.39 is 12.2 Å². The molecule has 5 heteroatoms. The largest absolute Gasteiger partial charge is 0.394 e. The van der Waals surface area contributed by atoms with Crippen LogP contribution in [0.4, 0.5) is 0 Å². The van der Waals surface area contributed by atoms with Crippen LogP contribution in [0.15, 0.2) is 30.5 Å². The van der Waals surface area contributed by atoms with Crippen LogP contribution in [-0.4, -0.2) is 40.1 Å². The lowest BCUT2D eigenvalue weighted by Gasteiger charge is -2.14. The van der Waals surface area contributed by atoms with Crippen molar-refractivity contribution in [3.63, 3.8) is 0 Å². The number of hydrogen-bond donors (Lipinski definition) is 3. The van der Waals surface area contributed by atoms with E-state index in [2.05, 4.69) is 12.3 Å². The molecule has 0 radical (unpaired) electrons. The van der Waals surface area contributed by atoms with Crippen molar-refractivity contribution in [1.82, 2.24) is 4.57 Å². The van der Waals surface area contributed by atoms with Crippen molar-refractivity contribution in [2.45, 2.75) is 31.3 Å². The number of aromatic nitrogens is 1. The molecule has 1 fully saturated rings. The lowest BCUT2D eigenvalue weighted by Crippen LogP contribution is -2.24. The summed E-state index contributed by atoms with van der Waals surface area (Å²) in [4.78, 5) is 0. The highest BCUT2D eigenvalue weighted by Gasteiger charge is 2.34. The van der Waals surface area contributed by atoms with Gasteiger partial charge in [-0.05, 0) is 24.6 Å². The van der Waals surface area contributed by atoms with Crippen molar-refractivity contribution < 1.29 is 14.9 Å². The standard InChI is InChI=1S/C15H20N2O3/c16-6-5-10-8-17(12-4-2-1-3-11(10)12)15-7-13(19)14(9-18)20-15/h1-4,8,13-15,18-19H,5-7,9,16H2. The van der Waals surface area contributed by atoms with Crippen molar-refractivity contribution in [2.24, 2.45) is 5.73 Å². The van der Waals surface area contributed by atoms with Gasteiger partial charge in [0.2, 0.25) is 0 Å². The highest BCUT2D eigenvalue weighted by Crippen LogP contribution is 2.33. The third-order valence-corrected chi connectivity index (χ3v) is 3.93. The summed E-state index contributed by atoms with van der Waals surface area (Å²) in [7, 11) is 0. The molecule has 1 saturated heterocycles. The number of ether oxygens (including phenoxy) is 1. The van der Waals surface area contributed by atoms with Gasteiger partial charge in [0.15, 0.2) is 0 Å². The molecule has 1 aromatic carbocycles. The van der Waals surface area contributed by atoms with Gasteiger partial charge in [-0.1, -0.05) is 18.2 Å². The van der Waals surface area contributed by atoms with Crippen molar-refractivity contribution in [1.29, 1.82) is 0 Å². The zero-order valence-corrected chi connectivity index (χ0v) is 11.3. The van der Waals surface area contributed by atoms with Crippen LogP contribution < -0.4 is 5.73 Å². The van der Waals surface area contributed by atoms with Crippen LogP contribution in [0.5, 0.6) is 0 Å². The number of rotatable bonds is 4. The first-order valence-corrected chi connectivity index (χ1v) is 6.97. The highest BCUT2D eigenvalue weighted by molar-refractivity contribution is 5.84. The van der Waals surface area contributed by atoms with E-state index in [9.17, 15) is 10.2 Å². The minimum atomic E-state index is -0.621. The van der Waals surface area contributed by atoms with Crippen LogP contribution in [0.2, 0.25) is 0 Å². The summed E-state index contributed by atoms with van der Waals surface area (Å²) in [5.41, 5.74) is 7.93. The number of benzene rings is 1. The maximum absolute atomic E-state index is 9.88. The SMILES string of the molecule is NCCc1cn(C2CC(O)C(CO)O2)c2ccccc12. The fourth-order valence-electron chi connectivity index (χ4n) is 2.92. The lowest BCUT2D eigenvalue weighted by atomic mass is 10.1. The first-order valence-electron chi connectivity index (χ1n) is 6.97. The second-order valence-corrected chi connectivity index (χ2v) is 5.23. The Balaban J connectivity index is 1.99. The zero-order valence-electron chi connectivity index (χ0n) is 11.3. The summed E-state index contributed by atoms with van der Waals surface area (Å²) in [6.07, 6.45) is 1.99. The minimum absolute atomic E-state index is 0.160. The number of hydrogen-bond acceptors (Lipinski definition) is 4. The van der Waals surface area contributed by atoms with E-state index in [0.29, 0.717) is 13.0 Å². The van der Waals surface area contributed by atoms with E-state index in [1.54, 1.807) is 0 Å². The summed E-state index contributed by atoms with van der Waals surface area (Å²) in [5.74, 6) is 0. The van der Waals surface area contributed by atoms with E-state index in [4.69, 9.17) is 10.5 Å². The quantitative estimate of drug-likeness (QED) is 0.771. The number of para-hydroxylation sites is 1. The zero-order chi connectivity index (χ0) is 14.1. The molecule has 2 heterocycles. The van der Waals surface area contributed by atoms with Gasteiger partial charge in [-0.2, -0.15) is 0 Å². The second kappa shape index (κ2) is 5.54. The van der Waals surface area contributed by atoms with Crippen LogP contribution in [-0.2, 0) is 11.2 Å². The highest BCUT2D eigenvalue weighted by atomic mass is 16.5. The predicted octanol–water partition coefficient (Wildman–Crippen LogP) is 0.783. The summed E-state index contributed by atoms with van der Waals surface area (Å²) in [6.45, 7) is 0.438. The Hall–Kier alpha value is -1.40. The van der Waals surface area contributed by atoms with E-state index in [0.717, 1.165) is 11.9 Å². The van der Waals surface area contributed by atoms with Crippen molar-refractivity contribution in [3.05, 3.63) is 36.0 Å². The lowest BCUT2D eigenvalue weighted by molar-refractivity contribution is -0.0429. The first kappa shape index (κ1) is 13.6. The number of fused-ring (bicyclic) bond motifs is 1. The molecule has 1 aliphatic heterocycles. The normalized spacial score (nSPS) is 26.4. The maximum atomic E-state index is 9.88. The van der Waals surface area contributed by atoms with Crippen LogP contribution in [0, 0.1) is 0 Å². The van der Waals surface area contributed by atoms with Crippen molar-refractivity contribution >= 4 is 10.9 Å². The molecule has 5 nitrogen and oxygen atoms in total. The fraction of sp³-hybridized carbons (Fsp3) is 0.467. The molecule has 0 spiro atoms. The molecule has 0 aliphatic carbocycles. The van der Waals surface area contributed by atoms with Crippen molar-refractivity contribution in [2.75, 3.05) is 13.2 Å². The van der Waals surface area contributed by atoms with E-state index in [-0.39, 0.29) is 12.8 Å². The Labute approximate surface area is 117 Å². The molecule has 3 atom stereocenters. The summed E-state index contributed by atoms with van der Waals surface area (Å²) in [5, 5.41) is 20.2. The van der Waals surface area contributed by atoms with Crippen LogP contribution in [0.25, 0.3) is 10.9 Å². The molecule has 20 heavy (non-hydrogen) atoms. The number of aliphatic hydroxyl groups is 2. The van der Waals surface area contributed by atoms with Crippen molar-refractivity contribution in [3.8, 4) is 0 Å². The Bertz CT molecular complexity index is 596. The average Bonchev–Trinajstić information content (AvgIpc) is 3.01. The first-order chi connectivity index (χ1) is 9.74. The predicted molar refractivity (Wildman–Crippen MR) is 76.3 cm³/mol. The third-order valence-electron chi connectivity index (χ3n) is 3.93. The topological polar surface area (TPSA) is 80.6 Å². The van der Waals surface area contributed by atoms with Gasteiger partial charge in [-0.3, -0.25) is 0 Å². The Morgan fingerprint density at radius 3 is 2.85 bits per heavy atom. The molecular weight excluding hydrogens is 256 g/mol. The Morgan fingerprint density at radius 2 is 2.15 bits per heavy atom. The molecule has 3 rings (SSSR count). The molecule has 4 N–H and O–H groups in total. The smallest absolute Gasteiger partial charge is 0.137 e. The molecule has 2 aromatic rings. The molecule has 3 unspecified atom stereocenters. The van der Waals surface area contributed by atoms with Crippen LogP contribution >= 0.6 is 0 Å². The van der Waals surface area contributed by atoms with Crippen LogP contribution in [0.3, 0.4) is 0 Å². The Morgan fingerprint density at radius 1 is 1.35 bits per heavy atom. The molecule has 1 aliphatic rings. The van der Waals surface area contributed by atoms with Gasteiger partial charge in [-0.25, -0.2) is 0 Å². The number of aliphatic hydroxyl groups excluding tert-OH is 2.